The molecule has 0 aromatic carbocycles. The lowest BCUT2D eigenvalue weighted by molar-refractivity contribution is 0.183. The highest BCUT2D eigenvalue weighted by Crippen LogP contribution is 2.27. The summed E-state index contributed by atoms with van der Waals surface area (Å²) < 4.78 is 0. The van der Waals surface area contributed by atoms with E-state index in [0.717, 1.165) is 18.7 Å². The van der Waals surface area contributed by atoms with E-state index in [-0.39, 0.29) is 5.56 Å². The van der Waals surface area contributed by atoms with Gasteiger partial charge in [-0.2, -0.15) is 0 Å². The molecule has 0 radical (unpaired) electrons. The Morgan fingerprint density at radius 1 is 1.50 bits per heavy atom. The summed E-state index contributed by atoms with van der Waals surface area (Å²) in [7, 11) is 2.11. The van der Waals surface area contributed by atoms with E-state index in [4.69, 9.17) is 5.73 Å². The minimum Gasteiger partial charge on any atom is -0.326 e. The Hall–Kier alpha value is -1.13. The van der Waals surface area contributed by atoms with E-state index in [0.29, 0.717) is 18.2 Å². The smallest absolute Gasteiger partial charge is 0.252 e. The molecule has 0 spiro atoms. The highest BCUT2D eigenvalue weighted by molar-refractivity contribution is 5.17. The number of aromatic nitrogens is 1. The van der Waals surface area contributed by atoms with E-state index in [1.807, 2.05) is 12.1 Å². The highest BCUT2D eigenvalue weighted by Gasteiger charge is 2.21. The highest BCUT2D eigenvalue weighted by atomic mass is 16.1. The SMILES string of the molecule is CN1CCCCC1c1ccc(CN)c(=O)[nH]1. The molecule has 1 unspecified atom stereocenters. The number of aromatic amines is 1. The zero-order valence-corrected chi connectivity index (χ0v) is 9.70. The molecule has 2 rings (SSSR count). The van der Waals surface area contributed by atoms with Crippen molar-refractivity contribution < 1.29 is 0 Å². The molecule has 88 valence electrons. The number of nitrogens with one attached hydrogen (secondary N) is 1. The first kappa shape index (κ1) is 11.4. The molecule has 2 heterocycles. The Morgan fingerprint density at radius 2 is 2.31 bits per heavy atom. The second-order valence-corrected chi connectivity index (χ2v) is 4.46. The fourth-order valence-corrected chi connectivity index (χ4v) is 2.34. The standard InChI is InChI=1S/C12H19N3O/c1-15-7-3-2-4-11(15)10-6-5-9(8-13)12(16)14-10/h5-6,11H,2-4,7-8,13H2,1H3,(H,14,16). The van der Waals surface area contributed by atoms with Crippen molar-refractivity contribution in [2.75, 3.05) is 13.6 Å². The van der Waals surface area contributed by atoms with E-state index < -0.39 is 0 Å². The summed E-state index contributed by atoms with van der Waals surface area (Å²) in [5.41, 5.74) is 7.11. The minimum absolute atomic E-state index is 0.0426. The lowest BCUT2D eigenvalue weighted by Gasteiger charge is -2.32. The molecule has 1 aliphatic heterocycles. The molecule has 1 saturated heterocycles. The van der Waals surface area contributed by atoms with Gasteiger partial charge < -0.3 is 10.7 Å². The number of pyridine rings is 1. The summed E-state index contributed by atoms with van der Waals surface area (Å²) in [6, 6.07) is 4.19. The van der Waals surface area contributed by atoms with Crippen LogP contribution in [0, 0.1) is 0 Å². The molecule has 0 aliphatic carbocycles. The van der Waals surface area contributed by atoms with Crippen LogP contribution in [0.1, 0.15) is 36.6 Å². The number of likely N-dealkylation sites (tertiary alicyclic amines) is 1. The number of hydrogen-bond donors (Lipinski definition) is 2. The zero-order chi connectivity index (χ0) is 11.5. The normalized spacial score (nSPS) is 22.2. The van der Waals surface area contributed by atoms with Crippen LogP contribution in [-0.2, 0) is 6.54 Å². The molecular formula is C12H19N3O. The van der Waals surface area contributed by atoms with Crippen LogP contribution >= 0.6 is 0 Å². The van der Waals surface area contributed by atoms with E-state index in [1.54, 1.807) is 0 Å². The molecule has 0 bridgehead atoms. The fourth-order valence-electron chi connectivity index (χ4n) is 2.34. The van der Waals surface area contributed by atoms with Gasteiger partial charge in [0.1, 0.15) is 0 Å². The van der Waals surface area contributed by atoms with Gasteiger partial charge in [0, 0.05) is 23.8 Å². The number of hydrogen-bond acceptors (Lipinski definition) is 3. The van der Waals surface area contributed by atoms with Crippen molar-refractivity contribution in [2.24, 2.45) is 5.73 Å². The minimum atomic E-state index is -0.0426. The Balaban J connectivity index is 2.26. The van der Waals surface area contributed by atoms with Crippen molar-refractivity contribution in [3.8, 4) is 0 Å². The lowest BCUT2D eigenvalue weighted by Crippen LogP contribution is -2.31. The summed E-state index contributed by atoms with van der Waals surface area (Å²) in [6.45, 7) is 1.40. The van der Waals surface area contributed by atoms with E-state index in [1.165, 1.54) is 12.8 Å². The van der Waals surface area contributed by atoms with E-state index in [2.05, 4.69) is 16.9 Å². The first-order chi connectivity index (χ1) is 7.72. The maximum atomic E-state index is 11.7. The Kier molecular flexibility index (Phi) is 3.41. The number of H-pyrrole nitrogens is 1. The van der Waals surface area contributed by atoms with Crippen LogP contribution in [0.2, 0.25) is 0 Å². The molecule has 0 amide bonds. The average Bonchev–Trinajstić information content (AvgIpc) is 2.29. The van der Waals surface area contributed by atoms with Gasteiger partial charge in [-0.05, 0) is 32.5 Å². The molecule has 16 heavy (non-hydrogen) atoms. The maximum absolute atomic E-state index is 11.7. The number of nitrogens with two attached hydrogens (primary N) is 1. The van der Waals surface area contributed by atoms with Crippen LogP contribution in [0.25, 0.3) is 0 Å². The van der Waals surface area contributed by atoms with Gasteiger partial charge in [0.15, 0.2) is 0 Å². The van der Waals surface area contributed by atoms with Crippen LogP contribution in [0.4, 0.5) is 0 Å². The monoisotopic (exact) mass is 221 g/mol. The molecule has 1 fully saturated rings. The number of piperidine rings is 1. The summed E-state index contributed by atoms with van der Waals surface area (Å²) in [5.74, 6) is 0. The predicted octanol–water partition coefficient (Wildman–Crippen LogP) is 0.990. The molecule has 1 aromatic heterocycles. The van der Waals surface area contributed by atoms with E-state index >= 15 is 0 Å². The van der Waals surface area contributed by atoms with Crippen LogP contribution in [0.3, 0.4) is 0 Å². The molecule has 1 aliphatic rings. The van der Waals surface area contributed by atoms with Crippen molar-refractivity contribution in [1.29, 1.82) is 0 Å². The van der Waals surface area contributed by atoms with Gasteiger partial charge in [-0.1, -0.05) is 12.5 Å². The van der Waals surface area contributed by atoms with Gasteiger partial charge in [-0.15, -0.1) is 0 Å². The largest absolute Gasteiger partial charge is 0.326 e. The van der Waals surface area contributed by atoms with Gasteiger partial charge in [-0.3, -0.25) is 9.69 Å². The molecule has 4 heteroatoms. The first-order valence-corrected chi connectivity index (χ1v) is 5.85. The van der Waals surface area contributed by atoms with E-state index in [9.17, 15) is 4.79 Å². The van der Waals surface area contributed by atoms with Crippen LogP contribution in [0.5, 0.6) is 0 Å². The van der Waals surface area contributed by atoms with Gasteiger partial charge in [-0.25, -0.2) is 0 Å². The van der Waals surface area contributed by atoms with Crippen LogP contribution in [-0.4, -0.2) is 23.5 Å². The number of nitrogens with zero attached hydrogens (tertiary/aromatic N) is 1. The summed E-state index contributed by atoms with van der Waals surface area (Å²) in [5, 5.41) is 0. The van der Waals surface area contributed by atoms with Gasteiger partial charge >= 0.3 is 0 Å². The van der Waals surface area contributed by atoms with Crippen LogP contribution in [0.15, 0.2) is 16.9 Å². The van der Waals surface area contributed by atoms with Crippen molar-refractivity contribution in [3.05, 3.63) is 33.7 Å². The van der Waals surface area contributed by atoms with Crippen molar-refractivity contribution in [3.63, 3.8) is 0 Å². The molecule has 1 aromatic rings. The average molecular weight is 221 g/mol. The predicted molar refractivity (Wildman–Crippen MR) is 64.2 cm³/mol. The molecule has 4 nitrogen and oxygen atoms in total. The van der Waals surface area contributed by atoms with Gasteiger partial charge in [0.25, 0.3) is 5.56 Å². The zero-order valence-electron chi connectivity index (χ0n) is 9.70. The third-order valence-corrected chi connectivity index (χ3v) is 3.36. The van der Waals surface area contributed by atoms with Crippen molar-refractivity contribution >= 4 is 0 Å². The Bertz CT molecular complexity index is 413. The quantitative estimate of drug-likeness (QED) is 0.783. The summed E-state index contributed by atoms with van der Waals surface area (Å²) in [6.07, 6.45) is 3.60. The molecule has 0 saturated carbocycles. The van der Waals surface area contributed by atoms with Crippen molar-refractivity contribution in [2.45, 2.75) is 31.8 Å². The molecule has 1 atom stereocenters. The van der Waals surface area contributed by atoms with Crippen LogP contribution < -0.4 is 11.3 Å². The van der Waals surface area contributed by atoms with Gasteiger partial charge in [0.05, 0.1) is 0 Å². The molecular weight excluding hydrogens is 202 g/mol. The second-order valence-electron chi connectivity index (χ2n) is 4.46. The lowest BCUT2D eigenvalue weighted by atomic mass is 9.99. The second kappa shape index (κ2) is 4.80. The topological polar surface area (TPSA) is 62.1 Å². The Morgan fingerprint density at radius 3 is 2.94 bits per heavy atom. The third kappa shape index (κ3) is 2.18. The molecule has 3 N–H and O–H groups in total. The summed E-state index contributed by atoms with van der Waals surface area (Å²) >= 11 is 0. The van der Waals surface area contributed by atoms with Crippen molar-refractivity contribution in [1.82, 2.24) is 9.88 Å². The maximum Gasteiger partial charge on any atom is 0.252 e. The Labute approximate surface area is 95.5 Å². The third-order valence-electron chi connectivity index (χ3n) is 3.36. The van der Waals surface area contributed by atoms with Gasteiger partial charge in [0.2, 0.25) is 0 Å². The summed E-state index contributed by atoms with van der Waals surface area (Å²) in [4.78, 5) is 16.9. The first-order valence-electron chi connectivity index (χ1n) is 5.85. The number of rotatable bonds is 2. The fraction of sp³-hybridized carbons (Fsp3) is 0.583.